The number of hydrogen-bond donors (Lipinski definition) is 2. The van der Waals surface area contributed by atoms with E-state index in [2.05, 4.69) is 5.32 Å². The summed E-state index contributed by atoms with van der Waals surface area (Å²) in [7, 11) is 0. The van der Waals surface area contributed by atoms with Gasteiger partial charge in [-0.15, -0.1) is 0 Å². The molecule has 0 aliphatic carbocycles. The van der Waals surface area contributed by atoms with E-state index in [1.807, 2.05) is 59.5 Å². The van der Waals surface area contributed by atoms with Gasteiger partial charge < -0.3 is 15.3 Å². The van der Waals surface area contributed by atoms with Crippen molar-refractivity contribution in [3.63, 3.8) is 0 Å². The summed E-state index contributed by atoms with van der Waals surface area (Å²) in [4.78, 5) is 15.2. The second-order valence-corrected chi connectivity index (χ2v) is 7.98. The van der Waals surface area contributed by atoms with E-state index in [9.17, 15) is 14.3 Å². The smallest absolute Gasteiger partial charge is 0.254 e. The fourth-order valence-electron chi connectivity index (χ4n) is 4.90. The lowest BCUT2D eigenvalue weighted by Crippen LogP contribution is -2.42. The zero-order valence-electron chi connectivity index (χ0n) is 16.5. The molecule has 2 N–H and O–H groups in total. The summed E-state index contributed by atoms with van der Waals surface area (Å²) >= 11 is 0. The number of hydrogen-bond acceptors (Lipinski definition) is 3. The Hall–Kier alpha value is -3.18. The minimum atomic E-state index is -0.269. The maximum atomic E-state index is 14.4. The fraction of sp³-hybridized carbons (Fsp3) is 0.240. The number of fused-ring (bicyclic) bond motifs is 3. The van der Waals surface area contributed by atoms with E-state index < -0.39 is 0 Å². The molecule has 0 saturated carbocycles. The summed E-state index contributed by atoms with van der Waals surface area (Å²) in [6, 6.07) is 21.5. The molecule has 0 bridgehead atoms. The fourth-order valence-corrected chi connectivity index (χ4v) is 4.90. The Morgan fingerprint density at radius 1 is 1.07 bits per heavy atom. The number of halogens is 1. The lowest BCUT2D eigenvalue weighted by atomic mass is 9.82. The van der Waals surface area contributed by atoms with Crippen molar-refractivity contribution in [1.29, 1.82) is 0 Å². The number of nitrogens with zero attached hydrogens (tertiary/aromatic N) is 1. The first-order valence-corrected chi connectivity index (χ1v) is 10.3. The number of aliphatic hydroxyl groups is 1. The molecule has 1 amide bonds. The van der Waals surface area contributed by atoms with Crippen molar-refractivity contribution in [1.82, 2.24) is 4.90 Å². The van der Waals surface area contributed by atoms with Crippen LogP contribution in [0.25, 0.3) is 11.1 Å². The number of likely N-dealkylation sites (tertiary alicyclic amines) is 1. The van der Waals surface area contributed by atoms with Gasteiger partial charge >= 0.3 is 0 Å². The molecule has 0 radical (unpaired) electrons. The molecular weight excluding hydrogens is 379 g/mol. The minimum Gasteiger partial charge on any atom is -0.394 e. The van der Waals surface area contributed by atoms with Crippen molar-refractivity contribution in [2.45, 2.75) is 18.5 Å². The van der Waals surface area contributed by atoms with Crippen LogP contribution in [-0.2, 0) is 0 Å². The van der Waals surface area contributed by atoms with Crippen LogP contribution in [0, 0.1) is 11.7 Å². The molecule has 0 unspecified atom stereocenters. The first-order chi connectivity index (χ1) is 14.7. The largest absolute Gasteiger partial charge is 0.394 e. The normalized spacial score (nSPS) is 22.2. The number of anilines is 1. The van der Waals surface area contributed by atoms with Gasteiger partial charge in [-0.25, -0.2) is 4.39 Å². The molecule has 5 heteroatoms. The number of amides is 1. The lowest BCUT2D eigenvalue weighted by Gasteiger charge is -2.39. The van der Waals surface area contributed by atoms with Crippen molar-refractivity contribution in [2.75, 3.05) is 18.5 Å². The maximum Gasteiger partial charge on any atom is 0.254 e. The van der Waals surface area contributed by atoms with E-state index in [1.165, 1.54) is 6.07 Å². The van der Waals surface area contributed by atoms with Crippen molar-refractivity contribution < 1.29 is 14.3 Å². The predicted octanol–water partition coefficient (Wildman–Crippen LogP) is 4.48. The minimum absolute atomic E-state index is 0.00301. The SMILES string of the molecule is O=C(c1ccccc1)N1CC[C@@H]2[C@H](CO)Nc3ccc(-c4ccccc4F)cc3[C@@H]21. The van der Waals surface area contributed by atoms with Crippen molar-refractivity contribution in [2.24, 2.45) is 5.92 Å². The summed E-state index contributed by atoms with van der Waals surface area (Å²) in [6.45, 7) is 0.633. The highest BCUT2D eigenvalue weighted by molar-refractivity contribution is 5.95. The third-order valence-corrected chi connectivity index (χ3v) is 6.34. The Labute approximate surface area is 175 Å². The summed E-state index contributed by atoms with van der Waals surface area (Å²) in [5.74, 6) is -0.176. The average Bonchev–Trinajstić information content (AvgIpc) is 3.24. The number of nitrogens with one attached hydrogen (secondary N) is 1. The van der Waals surface area contributed by atoms with E-state index >= 15 is 0 Å². The molecule has 3 aromatic rings. The highest BCUT2D eigenvalue weighted by atomic mass is 19.1. The monoisotopic (exact) mass is 402 g/mol. The first-order valence-electron chi connectivity index (χ1n) is 10.3. The van der Waals surface area contributed by atoms with Crippen molar-refractivity contribution in [3.8, 4) is 11.1 Å². The van der Waals surface area contributed by atoms with Crippen LogP contribution < -0.4 is 5.32 Å². The van der Waals surface area contributed by atoms with Crippen LogP contribution in [0.1, 0.15) is 28.4 Å². The zero-order valence-corrected chi connectivity index (χ0v) is 16.5. The average molecular weight is 402 g/mol. The molecule has 4 nitrogen and oxygen atoms in total. The van der Waals surface area contributed by atoms with Gasteiger partial charge in [0, 0.05) is 29.3 Å². The van der Waals surface area contributed by atoms with Crippen LogP contribution in [0.15, 0.2) is 72.8 Å². The van der Waals surface area contributed by atoms with Gasteiger partial charge in [-0.05, 0) is 47.9 Å². The molecule has 1 fully saturated rings. The molecule has 5 rings (SSSR count). The van der Waals surface area contributed by atoms with E-state index in [0.29, 0.717) is 17.7 Å². The zero-order chi connectivity index (χ0) is 20.7. The second kappa shape index (κ2) is 7.58. The van der Waals surface area contributed by atoms with Crippen LogP contribution in [0.5, 0.6) is 0 Å². The number of rotatable bonds is 3. The van der Waals surface area contributed by atoms with Gasteiger partial charge in [0.05, 0.1) is 18.7 Å². The highest BCUT2D eigenvalue weighted by Crippen LogP contribution is 2.47. The summed E-state index contributed by atoms with van der Waals surface area (Å²) < 4.78 is 14.4. The van der Waals surface area contributed by atoms with E-state index in [-0.39, 0.29) is 36.3 Å². The Morgan fingerprint density at radius 3 is 2.60 bits per heavy atom. The van der Waals surface area contributed by atoms with Gasteiger partial charge in [-0.2, -0.15) is 0 Å². The molecule has 3 aromatic carbocycles. The maximum absolute atomic E-state index is 14.4. The topological polar surface area (TPSA) is 52.6 Å². The molecule has 30 heavy (non-hydrogen) atoms. The third kappa shape index (κ3) is 3.06. The van der Waals surface area contributed by atoms with Crippen LogP contribution in [0.4, 0.5) is 10.1 Å². The summed E-state index contributed by atoms with van der Waals surface area (Å²) in [5, 5.41) is 13.4. The quantitative estimate of drug-likeness (QED) is 0.679. The molecule has 1 saturated heterocycles. The molecule has 152 valence electrons. The Morgan fingerprint density at radius 2 is 1.83 bits per heavy atom. The molecule has 3 atom stereocenters. The van der Waals surface area contributed by atoms with E-state index in [0.717, 1.165) is 23.2 Å². The van der Waals surface area contributed by atoms with Gasteiger partial charge in [-0.3, -0.25) is 4.79 Å². The van der Waals surface area contributed by atoms with Crippen molar-refractivity contribution >= 4 is 11.6 Å². The number of benzene rings is 3. The molecule has 2 aliphatic rings. The molecule has 2 heterocycles. The molecular formula is C25H23FN2O2. The standard InChI is InChI=1S/C25H23FN2O2/c26-21-9-5-4-8-18(21)17-10-11-22-20(14-17)24-19(23(15-29)27-22)12-13-28(24)25(30)16-6-2-1-3-7-16/h1-11,14,19,23-24,27,29H,12-13,15H2/t19-,23+,24-/m1/s1. The van der Waals surface area contributed by atoms with Gasteiger partial charge in [0.15, 0.2) is 0 Å². The predicted molar refractivity (Wildman–Crippen MR) is 115 cm³/mol. The van der Waals surface area contributed by atoms with Gasteiger partial charge in [0.2, 0.25) is 0 Å². The van der Waals surface area contributed by atoms with Crippen molar-refractivity contribution in [3.05, 3.63) is 89.7 Å². The first kappa shape index (κ1) is 18.8. The highest BCUT2D eigenvalue weighted by Gasteiger charge is 2.45. The van der Waals surface area contributed by atoms with Crippen LogP contribution in [0.3, 0.4) is 0 Å². The second-order valence-electron chi connectivity index (χ2n) is 7.98. The number of aliphatic hydroxyl groups excluding tert-OH is 1. The summed E-state index contributed by atoms with van der Waals surface area (Å²) in [5.41, 5.74) is 3.85. The van der Waals surface area contributed by atoms with Crippen LogP contribution in [0.2, 0.25) is 0 Å². The van der Waals surface area contributed by atoms with Crippen LogP contribution in [-0.4, -0.2) is 35.1 Å². The summed E-state index contributed by atoms with van der Waals surface area (Å²) in [6.07, 6.45) is 0.810. The number of carbonyl (C=O) groups excluding carboxylic acids is 1. The lowest BCUT2D eigenvalue weighted by molar-refractivity contribution is 0.0701. The van der Waals surface area contributed by atoms with Gasteiger partial charge in [0.1, 0.15) is 5.82 Å². The van der Waals surface area contributed by atoms with E-state index in [1.54, 1.807) is 12.1 Å². The van der Waals surface area contributed by atoms with Gasteiger partial charge in [-0.1, -0.05) is 42.5 Å². The molecule has 2 aliphatic heterocycles. The Balaban J connectivity index is 1.59. The number of carbonyl (C=O) groups is 1. The third-order valence-electron chi connectivity index (χ3n) is 6.34. The molecule has 0 aromatic heterocycles. The Bertz CT molecular complexity index is 1090. The van der Waals surface area contributed by atoms with Crippen LogP contribution >= 0.6 is 0 Å². The van der Waals surface area contributed by atoms with Gasteiger partial charge in [0.25, 0.3) is 5.91 Å². The molecule has 0 spiro atoms. The van der Waals surface area contributed by atoms with E-state index in [4.69, 9.17) is 0 Å². The Kier molecular flexibility index (Phi) is 4.75.